The Bertz CT molecular complexity index is 480. The molecule has 0 amide bonds. The van der Waals surface area contributed by atoms with Crippen molar-refractivity contribution in [1.29, 1.82) is 0 Å². The third-order valence-corrected chi connectivity index (χ3v) is 3.55. The summed E-state index contributed by atoms with van der Waals surface area (Å²) in [6.07, 6.45) is 6.88. The van der Waals surface area contributed by atoms with Crippen molar-refractivity contribution in [2.75, 3.05) is 0 Å². The van der Waals surface area contributed by atoms with Gasteiger partial charge in [0.2, 0.25) is 0 Å². The normalized spacial score (nSPS) is 14.1. The van der Waals surface area contributed by atoms with Crippen molar-refractivity contribution in [2.45, 2.75) is 33.1 Å². The summed E-state index contributed by atoms with van der Waals surface area (Å²) in [6, 6.07) is 7.87. The standard InChI is InChI=1S/C13H18O2.C4H5NS/c1-9(2)8-11-4-6-12(7-5-11)10(3)13(14)15;1-2-4-6-5-3-1/h4-7,9-10H,8H2,1-3H3,(H,14,15);1-5H. The Balaban J connectivity index is 0.000000304. The van der Waals surface area contributed by atoms with Crippen LogP contribution in [0.15, 0.2) is 48.0 Å². The van der Waals surface area contributed by atoms with E-state index in [1.54, 1.807) is 18.9 Å². The fraction of sp³-hybridized carbons (Fsp3) is 0.353. The first kappa shape index (κ1) is 17.4. The zero-order valence-corrected chi connectivity index (χ0v) is 13.6. The fourth-order valence-corrected chi connectivity index (χ4v) is 2.22. The van der Waals surface area contributed by atoms with Crippen LogP contribution in [0.4, 0.5) is 0 Å². The summed E-state index contributed by atoms with van der Waals surface area (Å²) in [5.41, 5.74) is 2.14. The van der Waals surface area contributed by atoms with E-state index in [1.165, 1.54) is 5.56 Å². The molecular weight excluding hydrogens is 282 g/mol. The molecule has 0 aliphatic carbocycles. The molecule has 0 fully saturated rings. The quantitative estimate of drug-likeness (QED) is 0.813. The van der Waals surface area contributed by atoms with Gasteiger partial charge in [-0.05, 0) is 53.8 Å². The summed E-state index contributed by atoms with van der Waals surface area (Å²) in [7, 11) is 0. The maximum atomic E-state index is 10.8. The molecule has 2 rings (SSSR count). The van der Waals surface area contributed by atoms with Crippen LogP contribution in [0.3, 0.4) is 0 Å². The zero-order valence-electron chi connectivity index (χ0n) is 12.7. The number of nitrogens with one attached hydrogen (secondary N) is 1. The third-order valence-electron chi connectivity index (χ3n) is 2.98. The minimum atomic E-state index is -0.772. The highest BCUT2D eigenvalue weighted by Crippen LogP contribution is 2.17. The van der Waals surface area contributed by atoms with Gasteiger partial charge >= 0.3 is 5.97 Å². The van der Waals surface area contributed by atoms with Crippen LogP contribution in [-0.2, 0) is 11.2 Å². The molecule has 21 heavy (non-hydrogen) atoms. The van der Waals surface area contributed by atoms with E-state index < -0.39 is 11.9 Å². The van der Waals surface area contributed by atoms with Crippen LogP contribution in [0.5, 0.6) is 0 Å². The minimum absolute atomic E-state index is 0.418. The minimum Gasteiger partial charge on any atom is -0.481 e. The van der Waals surface area contributed by atoms with Crippen molar-refractivity contribution in [1.82, 2.24) is 4.72 Å². The molecule has 1 aromatic carbocycles. The number of benzene rings is 1. The van der Waals surface area contributed by atoms with E-state index in [9.17, 15) is 4.79 Å². The summed E-state index contributed by atoms with van der Waals surface area (Å²) < 4.78 is 2.93. The lowest BCUT2D eigenvalue weighted by molar-refractivity contribution is -0.138. The fourth-order valence-electron chi connectivity index (χ4n) is 1.81. The number of allylic oxidation sites excluding steroid dienone is 2. The van der Waals surface area contributed by atoms with Crippen molar-refractivity contribution >= 4 is 17.9 Å². The van der Waals surface area contributed by atoms with E-state index in [0.29, 0.717) is 5.92 Å². The third kappa shape index (κ3) is 7.04. The molecule has 2 N–H and O–H groups in total. The van der Waals surface area contributed by atoms with Gasteiger partial charge in [0.15, 0.2) is 0 Å². The molecule has 1 heterocycles. The Morgan fingerprint density at radius 1 is 1.19 bits per heavy atom. The first-order valence-corrected chi connectivity index (χ1v) is 7.93. The maximum Gasteiger partial charge on any atom is 0.310 e. The van der Waals surface area contributed by atoms with Crippen molar-refractivity contribution < 1.29 is 9.90 Å². The van der Waals surface area contributed by atoms with E-state index in [1.807, 2.05) is 48.0 Å². The molecule has 0 aromatic heterocycles. The first-order chi connectivity index (χ1) is 10.0. The maximum absolute atomic E-state index is 10.8. The van der Waals surface area contributed by atoms with Crippen LogP contribution >= 0.6 is 11.9 Å². The Labute approximate surface area is 131 Å². The largest absolute Gasteiger partial charge is 0.481 e. The molecule has 1 atom stereocenters. The van der Waals surface area contributed by atoms with E-state index in [-0.39, 0.29) is 0 Å². The predicted octanol–water partition coefficient (Wildman–Crippen LogP) is 4.34. The van der Waals surface area contributed by atoms with Crippen LogP contribution in [-0.4, -0.2) is 11.1 Å². The van der Waals surface area contributed by atoms with Crippen molar-refractivity contribution in [3.8, 4) is 0 Å². The second-order valence-electron chi connectivity index (χ2n) is 5.32. The summed E-state index contributed by atoms with van der Waals surface area (Å²) in [5, 5.41) is 10.8. The molecule has 0 saturated carbocycles. The molecule has 0 saturated heterocycles. The topological polar surface area (TPSA) is 49.3 Å². The van der Waals surface area contributed by atoms with E-state index in [2.05, 4.69) is 18.6 Å². The molecule has 1 aromatic rings. The lowest BCUT2D eigenvalue weighted by Gasteiger charge is -2.09. The average molecular weight is 305 g/mol. The second-order valence-corrected chi connectivity index (χ2v) is 6.07. The van der Waals surface area contributed by atoms with Gasteiger partial charge in [0.25, 0.3) is 0 Å². The van der Waals surface area contributed by atoms with Crippen molar-refractivity contribution in [2.24, 2.45) is 5.92 Å². The number of carbonyl (C=O) groups is 1. The molecule has 4 heteroatoms. The number of carboxylic acids is 1. The Hall–Kier alpha value is -1.68. The number of rotatable bonds is 4. The molecular formula is C17H23NO2S. The number of carboxylic acid groups (broad SMARTS) is 1. The molecule has 0 radical (unpaired) electrons. The van der Waals surface area contributed by atoms with E-state index >= 15 is 0 Å². The van der Waals surface area contributed by atoms with Gasteiger partial charge in [-0.25, -0.2) is 0 Å². The number of hydrogen-bond donors (Lipinski definition) is 2. The monoisotopic (exact) mass is 305 g/mol. The lowest BCUT2D eigenvalue weighted by Crippen LogP contribution is -2.07. The smallest absolute Gasteiger partial charge is 0.310 e. The van der Waals surface area contributed by atoms with Gasteiger partial charge in [-0.2, -0.15) is 0 Å². The summed E-state index contributed by atoms with van der Waals surface area (Å²) >= 11 is 1.58. The molecule has 0 spiro atoms. The van der Waals surface area contributed by atoms with Gasteiger partial charge in [0.1, 0.15) is 0 Å². The van der Waals surface area contributed by atoms with Gasteiger partial charge < -0.3 is 9.83 Å². The van der Waals surface area contributed by atoms with Crippen LogP contribution in [0.2, 0.25) is 0 Å². The van der Waals surface area contributed by atoms with Gasteiger partial charge in [-0.1, -0.05) is 44.2 Å². The van der Waals surface area contributed by atoms with Crippen molar-refractivity contribution in [3.63, 3.8) is 0 Å². The zero-order chi connectivity index (χ0) is 15.7. The highest BCUT2D eigenvalue weighted by atomic mass is 32.2. The summed E-state index contributed by atoms with van der Waals surface area (Å²) in [6.45, 7) is 6.06. The second kappa shape index (κ2) is 9.29. The summed E-state index contributed by atoms with van der Waals surface area (Å²) in [4.78, 5) is 10.8. The SMILES string of the molecule is C1=CNSC=C1.CC(C)Cc1ccc(C(C)C(=O)O)cc1. The molecule has 0 bridgehead atoms. The highest BCUT2D eigenvalue weighted by molar-refractivity contribution is 8.00. The van der Waals surface area contributed by atoms with Crippen molar-refractivity contribution in [3.05, 3.63) is 59.2 Å². The van der Waals surface area contributed by atoms with Gasteiger partial charge in [-0.3, -0.25) is 4.79 Å². The number of hydrogen-bond acceptors (Lipinski definition) is 3. The Morgan fingerprint density at radius 2 is 1.86 bits per heavy atom. The molecule has 1 aliphatic heterocycles. The predicted molar refractivity (Wildman–Crippen MR) is 90.0 cm³/mol. The number of aliphatic carboxylic acids is 1. The van der Waals surface area contributed by atoms with E-state index in [0.717, 1.165) is 12.0 Å². The molecule has 3 nitrogen and oxygen atoms in total. The van der Waals surface area contributed by atoms with Crippen LogP contribution in [0.25, 0.3) is 0 Å². The van der Waals surface area contributed by atoms with Crippen LogP contribution in [0.1, 0.15) is 37.8 Å². The molecule has 114 valence electrons. The van der Waals surface area contributed by atoms with Gasteiger partial charge in [0, 0.05) is 6.20 Å². The highest BCUT2D eigenvalue weighted by Gasteiger charge is 2.12. The molecule has 1 unspecified atom stereocenters. The average Bonchev–Trinajstić information content (AvgIpc) is 2.49. The van der Waals surface area contributed by atoms with Gasteiger partial charge in [-0.15, -0.1) is 0 Å². The van der Waals surface area contributed by atoms with Crippen LogP contribution in [0, 0.1) is 5.92 Å². The van der Waals surface area contributed by atoms with Gasteiger partial charge in [0.05, 0.1) is 5.92 Å². The summed E-state index contributed by atoms with van der Waals surface area (Å²) in [5.74, 6) is -0.558. The lowest BCUT2D eigenvalue weighted by atomic mass is 9.97. The van der Waals surface area contributed by atoms with Crippen LogP contribution < -0.4 is 4.72 Å². The Morgan fingerprint density at radius 3 is 2.19 bits per heavy atom. The Kier molecular flexibility index (Phi) is 7.69. The van der Waals surface area contributed by atoms with E-state index in [4.69, 9.17) is 5.11 Å². The molecule has 1 aliphatic rings. The first-order valence-electron chi connectivity index (χ1n) is 7.05.